The molecule has 1 saturated heterocycles. The van der Waals surface area contributed by atoms with Crippen molar-refractivity contribution in [3.63, 3.8) is 0 Å². The summed E-state index contributed by atoms with van der Waals surface area (Å²) in [6, 6.07) is 19.0. The number of aliphatic hydroxyl groups excluding tert-OH is 1. The van der Waals surface area contributed by atoms with Gasteiger partial charge in [0.05, 0.1) is 6.10 Å². The summed E-state index contributed by atoms with van der Waals surface area (Å²) in [7, 11) is 0. The topological polar surface area (TPSA) is 52.5 Å². The number of β-amino-alcohol motifs (C(OH)–C–C–N with tert-alkyl or cyclic N) is 1. The number of aryl methyl sites for hydroxylation is 3. The zero-order chi connectivity index (χ0) is 22.5. The molecule has 0 saturated carbocycles. The summed E-state index contributed by atoms with van der Waals surface area (Å²) in [5.41, 5.74) is 6.03. The molecule has 3 aromatic rings. The lowest BCUT2D eigenvalue weighted by atomic mass is 10.0. The van der Waals surface area contributed by atoms with Gasteiger partial charge < -0.3 is 10.0 Å². The zero-order valence-corrected chi connectivity index (χ0v) is 19.5. The van der Waals surface area contributed by atoms with Crippen LogP contribution in [0.2, 0.25) is 0 Å². The lowest BCUT2D eigenvalue weighted by Crippen LogP contribution is -2.49. The number of piperazine rings is 1. The maximum Gasteiger partial charge on any atom is 0.136 e. The number of anilines is 1. The number of hydrogen-bond acceptors (Lipinski definition) is 5. The molecule has 2 aromatic carbocycles. The van der Waals surface area contributed by atoms with Crippen molar-refractivity contribution in [3.05, 3.63) is 88.4 Å². The summed E-state index contributed by atoms with van der Waals surface area (Å²) in [6.45, 7) is 10.6. The van der Waals surface area contributed by atoms with Crippen molar-refractivity contribution in [3.8, 4) is 0 Å². The molecule has 4 rings (SSSR count). The second kappa shape index (κ2) is 10.2. The van der Waals surface area contributed by atoms with E-state index in [-0.39, 0.29) is 6.10 Å². The minimum atomic E-state index is -0.343. The highest BCUT2D eigenvalue weighted by molar-refractivity contribution is 5.51. The summed E-state index contributed by atoms with van der Waals surface area (Å²) >= 11 is 0. The van der Waals surface area contributed by atoms with E-state index in [2.05, 4.69) is 65.0 Å². The van der Waals surface area contributed by atoms with Crippen LogP contribution in [-0.2, 0) is 12.8 Å². The first-order valence-corrected chi connectivity index (χ1v) is 11.6. The van der Waals surface area contributed by atoms with E-state index in [4.69, 9.17) is 4.98 Å². The average molecular weight is 431 g/mol. The van der Waals surface area contributed by atoms with Crippen LogP contribution in [0.5, 0.6) is 0 Å². The molecule has 1 aliphatic heterocycles. The van der Waals surface area contributed by atoms with Gasteiger partial charge in [-0.05, 0) is 38.3 Å². The third kappa shape index (κ3) is 5.72. The van der Waals surface area contributed by atoms with Crippen LogP contribution < -0.4 is 4.90 Å². The smallest absolute Gasteiger partial charge is 0.136 e. The van der Waals surface area contributed by atoms with E-state index >= 15 is 0 Å². The first-order valence-electron chi connectivity index (χ1n) is 11.6. The minimum absolute atomic E-state index is 0.343. The Kier molecular flexibility index (Phi) is 7.18. The maximum atomic E-state index is 10.6. The lowest BCUT2D eigenvalue weighted by Gasteiger charge is -2.37. The average Bonchev–Trinajstić information content (AvgIpc) is 2.78. The fourth-order valence-electron chi connectivity index (χ4n) is 4.49. The molecule has 0 radical (unpaired) electrons. The molecule has 2 heterocycles. The van der Waals surface area contributed by atoms with E-state index < -0.39 is 0 Å². The number of aliphatic hydroxyl groups is 1. The van der Waals surface area contributed by atoms with Gasteiger partial charge >= 0.3 is 0 Å². The maximum absolute atomic E-state index is 10.6. The Morgan fingerprint density at radius 3 is 2.22 bits per heavy atom. The fraction of sp³-hybridized carbons (Fsp3) is 0.407. The summed E-state index contributed by atoms with van der Waals surface area (Å²) < 4.78 is 0. The van der Waals surface area contributed by atoms with Crippen molar-refractivity contribution >= 4 is 5.82 Å². The Hall–Kier alpha value is -2.76. The third-order valence-corrected chi connectivity index (χ3v) is 6.26. The molecule has 0 bridgehead atoms. The zero-order valence-electron chi connectivity index (χ0n) is 19.5. The van der Waals surface area contributed by atoms with Crippen LogP contribution in [0, 0.1) is 20.8 Å². The first-order chi connectivity index (χ1) is 15.5. The van der Waals surface area contributed by atoms with Crippen molar-refractivity contribution in [1.29, 1.82) is 0 Å². The molecule has 168 valence electrons. The summed E-state index contributed by atoms with van der Waals surface area (Å²) in [6.07, 6.45) is 1.20. The van der Waals surface area contributed by atoms with Gasteiger partial charge in [-0.1, -0.05) is 60.2 Å². The van der Waals surface area contributed by atoms with Crippen LogP contribution in [0.1, 0.15) is 33.8 Å². The van der Waals surface area contributed by atoms with Gasteiger partial charge in [-0.15, -0.1) is 0 Å². The highest BCUT2D eigenvalue weighted by atomic mass is 16.3. The molecule has 32 heavy (non-hydrogen) atoms. The fourth-order valence-corrected chi connectivity index (χ4v) is 4.49. The molecule has 0 unspecified atom stereocenters. The Bertz CT molecular complexity index is 1010. The van der Waals surface area contributed by atoms with E-state index in [0.29, 0.717) is 13.0 Å². The molecule has 0 amide bonds. The molecule has 5 heteroatoms. The van der Waals surface area contributed by atoms with Gasteiger partial charge in [-0.3, -0.25) is 4.90 Å². The van der Waals surface area contributed by atoms with E-state index in [1.165, 1.54) is 22.3 Å². The van der Waals surface area contributed by atoms with E-state index in [0.717, 1.165) is 49.9 Å². The number of aromatic nitrogens is 2. The van der Waals surface area contributed by atoms with Crippen LogP contribution >= 0.6 is 0 Å². The Labute approximate surface area is 191 Å². The van der Waals surface area contributed by atoms with Gasteiger partial charge in [0, 0.05) is 50.4 Å². The highest BCUT2D eigenvalue weighted by Gasteiger charge is 2.23. The standard InChI is InChI=1S/C27H34N4O/c1-20-9-11-24(12-10-20)18-26-21(2)28-22(3)29-27(26)31-15-13-30(14-16-31)19-25(32)17-23-7-5-4-6-8-23/h4-12,25,32H,13-19H2,1-3H3/t25-/m1/s1. The van der Waals surface area contributed by atoms with Crippen molar-refractivity contribution in [2.75, 3.05) is 37.6 Å². The second-order valence-corrected chi connectivity index (χ2v) is 8.95. The van der Waals surface area contributed by atoms with E-state index in [1.807, 2.05) is 25.1 Å². The summed E-state index contributed by atoms with van der Waals surface area (Å²) in [5, 5.41) is 10.6. The van der Waals surface area contributed by atoms with Crippen LogP contribution in [0.25, 0.3) is 0 Å². The summed E-state index contributed by atoms with van der Waals surface area (Å²) in [4.78, 5) is 14.3. The van der Waals surface area contributed by atoms with Crippen LogP contribution in [0.15, 0.2) is 54.6 Å². The molecular formula is C27H34N4O. The van der Waals surface area contributed by atoms with Crippen LogP contribution in [0.4, 0.5) is 5.82 Å². The molecular weight excluding hydrogens is 396 g/mol. The molecule has 0 aliphatic carbocycles. The van der Waals surface area contributed by atoms with Gasteiger partial charge in [0.15, 0.2) is 0 Å². The van der Waals surface area contributed by atoms with Crippen molar-refractivity contribution < 1.29 is 5.11 Å². The second-order valence-electron chi connectivity index (χ2n) is 8.95. The quantitative estimate of drug-likeness (QED) is 0.619. The highest BCUT2D eigenvalue weighted by Crippen LogP contribution is 2.25. The van der Waals surface area contributed by atoms with Gasteiger partial charge in [0.2, 0.25) is 0 Å². The molecule has 1 aromatic heterocycles. The first kappa shape index (κ1) is 22.4. The van der Waals surface area contributed by atoms with Gasteiger partial charge in [-0.2, -0.15) is 0 Å². The Balaban J connectivity index is 1.41. The number of nitrogens with zero attached hydrogens (tertiary/aromatic N) is 4. The molecule has 0 spiro atoms. The molecule has 5 nitrogen and oxygen atoms in total. The molecule has 1 N–H and O–H groups in total. The Morgan fingerprint density at radius 2 is 1.53 bits per heavy atom. The molecule has 1 atom stereocenters. The van der Waals surface area contributed by atoms with Crippen LogP contribution in [-0.4, -0.2) is 58.8 Å². The number of rotatable bonds is 7. The van der Waals surface area contributed by atoms with E-state index in [1.54, 1.807) is 0 Å². The van der Waals surface area contributed by atoms with Gasteiger partial charge in [-0.25, -0.2) is 9.97 Å². The SMILES string of the molecule is Cc1ccc(Cc2c(C)nc(C)nc2N2CCN(C[C@H](O)Cc3ccccc3)CC2)cc1. The molecule has 1 aliphatic rings. The minimum Gasteiger partial charge on any atom is -0.391 e. The van der Waals surface area contributed by atoms with Gasteiger partial charge in [0.25, 0.3) is 0 Å². The predicted octanol–water partition coefficient (Wildman–Crippen LogP) is 3.72. The monoisotopic (exact) mass is 430 g/mol. The normalized spacial score (nSPS) is 15.7. The third-order valence-electron chi connectivity index (χ3n) is 6.26. The lowest BCUT2D eigenvalue weighted by molar-refractivity contribution is 0.109. The van der Waals surface area contributed by atoms with Crippen molar-refractivity contribution in [1.82, 2.24) is 14.9 Å². The Morgan fingerprint density at radius 1 is 0.844 bits per heavy atom. The van der Waals surface area contributed by atoms with Gasteiger partial charge in [0.1, 0.15) is 11.6 Å². The van der Waals surface area contributed by atoms with E-state index in [9.17, 15) is 5.11 Å². The predicted molar refractivity (Wildman–Crippen MR) is 130 cm³/mol. The van der Waals surface area contributed by atoms with Crippen molar-refractivity contribution in [2.24, 2.45) is 0 Å². The molecule has 1 fully saturated rings. The van der Waals surface area contributed by atoms with Crippen LogP contribution in [0.3, 0.4) is 0 Å². The number of benzene rings is 2. The van der Waals surface area contributed by atoms with Crippen molar-refractivity contribution in [2.45, 2.75) is 39.7 Å². The largest absolute Gasteiger partial charge is 0.391 e. The number of hydrogen-bond donors (Lipinski definition) is 1. The summed E-state index contributed by atoms with van der Waals surface area (Å²) in [5.74, 6) is 1.89.